The van der Waals surface area contributed by atoms with Gasteiger partial charge in [-0.1, -0.05) is 0 Å². The average Bonchev–Trinajstić information content (AvgIpc) is 2.64. The van der Waals surface area contributed by atoms with E-state index in [0.29, 0.717) is 13.0 Å². The molecule has 5 nitrogen and oxygen atoms in total. The third kappa shape index (κ3) is 1.48. The van der Waals surface area contributed by atoms with Crippen LogP contribution in [0.1, 0.15) is 19.1 Å². The standard InChI is InChI=1S/C8H9FN2O3/c9-5-4-11(6-2-1-3-14-6)8(13)10-7(5)12/h4,6H,1-3H2,(H,10,12,13)/t6-/m0/s1. The molecule has 0 aromatic carbocycles. The SMILES string of the molecule is O=c1[nH]c(=O)n([C@@H]2CCCO2)cc1F. The maximum atomic E-state index is 12.9. The molecule has 2 rings (SSSR count). The summed E-state index contributed by atoms with van der Waals surface area (Å²) in [6.45, 7) is 0.553. The molecule has 0 unspecified atom stereocenters. The number of aromatic nitrogens is 2. The van der Waals surface area contributed by atoms with Crippen LogP contribution < -0.4 is 11.2 Å². The Balaban J connectivity index is 2.47. The molecular formula is C8H9FN2O3. The lowest BCUT2D eigenvalue weighted by molar-refractivity contribution is 0.0517. The van der Waals surface area contributed by atoms with E-state index in [0.717, 1.165) is 17.2 Å². The Morgan fingerprint density at radius 1 is 1.57 bits per heavy atom. The van der Waals surface area contributed by atoms with Gasteiger partial charge in [-0.25, -0.2) is 4.79 Å². The molecule has 2 heterocycles. The smallest absolute Gasteiger partial charge is 0.330 e. The molecule has 1 aromatic heterocycles. The van der Waals surface area contributed by atoms with Gasteiger partial charge in [0.2, 0.25) is 5.82 Å². The monoisotopic (exact) mass is 200 g/mol. The molecule has 0 saturated carbocycles. The van der Waals surface area contributed by atoms with Gasteiger partial charge in [-0.3, -0.25) is 14.3 Å². The third-order valence-electron chi connectivity index (χ3n) is 2.14. The summed E-state index contributed by atoms with van der Waals surface area (Å²) < 4.78 is 19.1. The molecule has 0 amide bonds. The zero-order valence-electron chi connectivity index (χ0n) is 7.33. The van der Waals surface area contributed by atoms with Gasteiger partial charge in [-0.15, -0.1) is 0 Å². The van der Waals surface area contributed by atoms with Crippen molar-refractivity contribution >= 4 is 0 Å². The molecule has 0 aliphatic carbocycles. The van der Waals surface area contributed by atoms with Crippen LogP contribution in [0.4, 0.5) is 4.39 Å². The maximum Gasteiger partial charge on any atom is 0.330 e. The molecule has 1 fully saturated rings. The summed E-state index contributed by atoms with van der Waals surface area (Å²) in [6.07, 6.45) is 1.93. The second-order valence-corrected chi connectivity index (χ2v) is 3.11. The molecule has 1 aliphatic heterocycles. The molecular weight excluding hydrogens is 191 g/mol. The first-order valence-electron chi connectivity index (χ1n) is 4.31. The van der Waals surface area contributed by atoms with Gasteiger partial charge >= 0.3 is 5.69 Å². The van der Waals surface area contributed by atoms with Crippen LogP contribution in [0.2, 0.25) is 0 Å². The summed E-state index contributed by atoms with van der Waals surface area (Å²) in [5, 5.41) is 0. The van der Waals surface area contributed by atoms with E-state index in [1.807, 2.05) is 4.98 Å². The third-order valence-corrected chi connectivity index (χ3v) is 2.14. The first-order chi connectivity index (χ1) is 6.68. The topological polar surface area (TPSA) is 64.1 Å². The minimum Gasteiger partial charge on any atom is -0.358 e. The Kier molecular flexibility index (Phi) is 2.20. The molecule has 1 N–H and O–H groups in total. The van der Waals surface area contributed by atoms with E-state index < -0.39 is 23.3 Å². The quantitative estimate of drug-likeness (QED) is 0.693. The molecule has 1 saturated heterocycles. The fourth-order valence-corrected chi connectivity index (χ4v) is 1.45. The van der Waals surface area contributed by atoms with Gasteiger partial charge in [0.15, 0.2) is 0 Å². The van der Waals surface area contributed by atoms with E-state index in [1.165, 1.54) is 0 Å². The van der Waals surface area contributed by atoms with Gasteiger partial charge in [-0.2, -0.15) is 4.39 Å². The lowest BCUT2D eigenvalue weighted by Gasteiger charge is -2.11. The number of ether oxygens (including phenoxy) is 1. The average molecular weight is 200 g/mol. The fourth-order valence-electron chi connectivity index (χ4n) is 1.45. The maximum absolute atomic E-state index is 12.9. The molecule has 0 radical (unpaired) electrons. The van der Waals surface area contributed by atoms with E-state index in [4.69, 9.17) is 4.74 Å². The van der Waals surface area contributed by atoms with Crippen molar-refractivity contribution in [2.75, 3.05) is 6.61 Å². The number of halogens is 1. The minimum atomic E-state index is -0.996. The number of aromatic amines is 1. The van der Waals surface area contributed by atoms with Crippen LogP contribution in [0.25, 0.3) is 0 Å². The van der Waals surface area contributed by atoms with Crippen molar-refractivity contribution in [3.8, 4) is 0 Å². The minimum absolute atomic E-state index is 0.450. The zero-order chi connectivity index (χ0) is 10.1. The van der Waals surface area contributed by atoms with Crippen molar-refractivity contribution in [1.29, 1.82) is 0 Å². The first kappa shape index (κ1) is 9.14. The molecule has 76 valence electrons. The van der Waals surface area contributed by atoms with Crippen LogP contribution in [-0.4, -0.2) is 16.2 Å². The Bertz CT molecular complexity index is 445. The van der Waals surface area contributed by atoms with Gasteiger partial charge in [0.05, 0.1) is 6.20 Å². The highest BCUT2D eigenvalue weighted by atomic mass is 19.1. The van der Waals surface area contributed by atoms with Crippen molar-refractivity contribution in [3.63, 3.8) is 0 Å². The van der Waals surface area contributed by atoms with Crippen LogP contribution in [0.3, 0.4) is 0 Å². The lowest BCUT2D eigenvalue weighted by atomic mass is 10.3. The Morgan fingerprint density at radius 3 is 3.00 bits per heavy atom. The second-order valence-electron chi connectivity index (χ2n) is 3.11. The highest BCUT2D eigenvalue weighted by Crippen LogP contribution is 2.20. The Hall–Kier alpha value is -1.43. The molecule has 1 aromatic rings. The van der Waals surface area contributed by atoms with Crippen LogP contribution >= 0.6 is 0 Å². The Morgan fingerprint density at radius 2 is 2.36 bits per heavy atom. The van der Waals surface area contributed by atoms with Crippen molar-refractivity contribution in [1.82, 2.24) is 9.55 Å². The summed E-state index contributed by atoms with van der Waals surface area (Å²) >= 11 is 0. The summed E-state index contributed by atoms with van der Waals surface area (Å²) in [6, 6.07) is 0. The van der Waals surface area contributed by atoms with E-state index >= 15 is 0 Å². The van der Waals surface area contributed by atoms with E-state index in [-0.39, 0.29) is 0 Å². The molecule has 6 heteroatoms. The largest absolute Gasteiger partial charge is 0.358 e. The van der Waals surface area contributed by atoms with Crippen LogP contribution in [0, 0.1) is 5.82 Å². The van der Waals surface area contributed by atoms with Gasteiger partial charge < -0.3 is 4.74 Å². The molecule has 14 heavy (non-hydrogen) atoms. The van der Waals surface area contributed by atoms with Crippen molar-refractivity contribution in [2.45, 2.75) is 19.1 Å². The van der Waals surface area contributed by atoms with Gasteiger partial charge in [-0.05, 0) is 12.8 Å². The number of hydrogen-bond donors (Lipinski definition) is 1. The zero-order valence-corrected chi connectivity index (χ0v) is 7.33. The van der Waals surface area contributed by atoms with Gasteiger partial charge in [0.25, 0.3) is 5.56 Å². The first-order valence-corrected chi connectivity index (χ1v) is 4.31. The van der Waals surface area contributed by atoms with E-state index in [2.05, 4.69) is 0 Å². The van der Waals surface area contributed by atoms with Crippen LogP contribution in [-0.2, 0) is 4.74 Å². The lowest BCUT2D eigenvalue weighted by Crippen LogP contribution is -2.33. The molecule has 0 spiro atoms. The summed E-state index contributed by atoms with van der Waals surface area (Å²) in [5.74, 6) is -0.972. The normalized spacial score (nSPS) is 21.4. The van der Waals surface area contributed by atoms with Crippen LogP contribution in [0.15, 0.2) is 15.8 Å². The fraction of sp³-hybridized carbons (Fsp3) is 0.500. The summed E-state index contributed by atoms with van der Waals surface area (Å²) in [7, 11) is 0. The van der Waals surface area contributed by atoms with Gasteiger partial charge in [0, 0.05) is 6.61 Å². The van der Waals surface area contributed by atoms with E-state index in [1.54, 1.807) is 0 Å². The van der Waals surface area contributed by atoms with Gasteiger partial charge in [0.1, 0.15) is 6.23 Å². The number of rotatable bonds is 1. The predicted octanol–water partition coefficient (Wildman–Crippen LogP) is -0.0153. The summed E-state index contributed by atoms with van der Waals surface area (Å²) in [4.78, 5) is 23.8. The summed E-state index contributed by atoms with van der Waals surface area (Å²) in [5.41, 5.74) is -1.63. The number of nitrogens with zero attached hydrogens (tertiary/aromatic N) is 1. The molecule has 1 atom stereocenters. The highest BCUT2D eigenvalue weighted by Gasteiger charge is 2.19. The van der Waals surface area contributed by atoms with Crippen LogP contribution in [0.5, 0.6) is 0 Å². The van der Waals surface area contributed by atoms with Crippen molar-refractivity contribution < 1.29 is 9.13 Å². The Labute approximate surface area is 78.1 Å². The van der Waals surface area contributed by atoms with Crippen molar-refractivity contribution in [2.24, 2.45) is 0 Å². The second kappa shape index (κ2) is 3.38. The van der Waals surface area contributed by atoms with Crippen molar-refractivity contribution in [3.05, 3.63) is 32.9 Å². The highest BCUT2D eigenvalue weighted by molar-refractivity contribution is 4.88. The molecule has 1 aliphatic rings. The number of nitrogens with one attached hydrogen (secondary N) is 1. The van der Waals surface area contributed by atoms with E-state index in [9.17, 15) is 14.0 Å². The predicted molar refractivity (Wildman–Crippen MR) is 45.5 cm³/mol. The molecule has 0 bridgehead atoms. The number of H-pyrrole nitrogens is 1. The number of hydrogen-bond acceptors (Lipinski definition) is 3.